The van der Waals surface area contributed by atoms with Crippen LogP contribution < -0.4 is 5.32 Å². The summed E-state index contributed by atoms with van der Waals surface area (Å²) in [5.41, 5.74) is 0.0961. The lowest BCUT2D eigenvalue weighted by Gasteiger charge is -2.25. The Morgan fingerprint density at radius 1 is 1.61 bits per heavy atom. The molecule has 0 aromatic carbocycles. The van der Waals surface area contributed by atoms with E-state index >= 15 is 0 Å². The fourth-order valence-electron chi connectivity index (χ4n) is 2.11. The second-order valence-electron chi connectivity index (χ2n) is 5.66. The standard InChI is InChI=1S/C15H16Cl2N4OS/c1-14(10-15(14,16)17)12(22)20-13(23)21(7-3-5-18)9-11-4-2-6-19-8-11/h2,4,6,8H,3,7,9-10H2,1H3,(H,20,22,23)/t14-/m0/s1. The highest BCUT2D eigenvalue weighted by atomic mass is 35.5. The van der Waals surface area contributed by atoms with Crippen molar-refractivity contribution in [3.05, 3.63) is 30.1 Å². The monoisotopic (exact) mass is 370 g/mol. The summed E-state index contributed by atoms with van der Waals surface area (Å²) in [4.78, 5) is 18.1. The number of pyridine rings is 1. The van der Waals surface area contributed by atoms with Crippen LogP contribution in [0.15, 0.2) is 24.5 Å². The Balaban J connectivity index is 2.02. The van der Waals surface area contributed by atoms with Crippen LogP contribution in [0, 0.1) is 16.7 Å². The van der Waals surface area contributed by atoms with Crippen LogP contribution >= 0.6 is 35.4 Å². The first kappa shape index (κ1) is 17.9. The van der Waals surface area contributed by atoms with Gasteiger partial charge in [0, 0.05) is 25.5 Å². The lowest BCUT2D eigenvalue weighted by molar-refractivity contribution is -0.124. The first-order chi connectivity index (χ1) is 10.8. The molecule has 0 unspecified atom stereocenters. The van der Waals surface area contributed by atoms with Gasteiger partial charge in [-0.05, 0) is 37.2 Å². The lowest BCUT2D eigenvalue weighted by Crippen LogP contribution is -2.45. The van der Waals surface area contributed by atoms with Gasteiger partial charge < -0.3 is 10.2 Å². The number of nitriles is 1. The third kappa shape index (κ3) is 4.11. The maximum atomic E-state index is 12.3. The van der Waals surface area contributed by atoms with Crippen LogP contribution in [0.1, 0.15) is 25.3 Å². The second-order valence-corrected chi connectivity index (χ2v) is 7.53. The molecule has 0 saturated heterocycles. The number of hydrogen-bond acceptors (Lipinski definition) is 4. The molecule has 122 valence electrons. The summed E-state index contributed by atoms with van der Waals surface area (Å²) in [6.45, 7) is 2.57. The highest BCUT2D eigenvalue weighted by molar-refractivity contribution is 7.80. The SMILES string of the molecule is C[C@@]1(C(=O)NC(=S)N(CCC#N)Cc2cccnc2)CC1(Cl)Cl. The van der Waals surface area contributed by atoms with E-state index in [0.717, 1.165) is 5.56 Å². The number of rotatable bonds is 5. The highest BCUT2D eigenvalue weighted by Gasteiger charge is 2.68. The van der Waals surface area contributed by atoms with Gasteiger partial charge >= 0.3 is 0 Å². The Labute approximate surface area is 150 Å². The zero-order chi connectivity index (χ0) is 17.1. The van der Waals surface area contributed by atoms with Gasteiger partial charge in [-0.15, -0.1) is 23.2 Å². The van der Waals surface area contributed by atoms with Crippen LogP contribution in [0.5, 0.6) is 0 Å². The Morgan fingerprint density at radius 3 is 2.83 bits per heavy atom. The Morgan fingerprint density at radius 2 is 2.30 bits per heavy atom. The number of carbonyl (C=O) groups is 1. The van der Waals surface area contributed by atoms with E-state index < -0.39 is 9.75 Å². The fraction of sp³-hybridized carbons (Fsp3) is 0.467. The molecule has 1 amide bonds. The minimum absolute atomic E-state index is 0.256. The average molecular weight is 371 g/mol. The van der Waals surface area contributed by atoms with Gasteiger partial charge in [-0.25, -0.2) is 0 Å². The number of nitrogens with zero attached hydrogens (tertiary/aromatic N) is 3. The summed E-state index contributed by atoms with van der Waals surface area (Å²) in [6.07, 6.45) is 4.08. The largest absolute Gasteiger partial charge is 0.344 e. The van der Waals surface area contributed by atoms with E-state index in [9.17, 15) is 4.79 Å². The van der Waals surface area contributed by atoms with Crippen molar-refractivity contribution in [2.45, 2.75) is 30.6 Å². The van der Waals surface area contributed by atoms with Gasteiger partial charge in [-0.3, -0.25) is 9.78 Å². The van der Waals surface area contributed by atoms with E-state index in [4.69, 9.17) is 40.7 Å². The fourth-order valence-corrected chi connectivity index (χ4v) is 3.06. The average Bonchev–Trinajstić information content (AvgIpc) is 3.04. The van der Waals surface area contributed by atoms with Crippen LogP contribution in [0.3, 0.4) is 0 Å². The first-order valence-corrected chi connectivity index (χ1v) is 8.20. The van der Waals surface area contributed by atoms with E-state index in [1.165, 1.54) is 0 Å². The Bertz CT molecular complexity index is 647. The highest BCUT2D eigenvalue weighted by Crippen LogP contribution is 2.63. The minimum atomic E-state index is -1.05. The number of aromatic nitrogens is 1. The normalized spacial score (nSPS) is 21.1. The van der Waals surface area contributed by atoms with Crippen LogP contribution in [-0.2, 0) is 11.3 Å². The van der Waals surface area contributed by atoms with Gasteiger partial charge in [0.05, 0.1) is 17.9 Å². The number of halogens is 2. The van der Waals surface area contributed by atoms with Crippen molar-refractivity contribution >= 4 is 46.4 Å². The second kappa shape index (κ2) is 7.00. The van der Waals surface area contributed by atoms with Crippen molar-refractivity contribution in [2.24, 2.45) is 5.41 Å². The van der Waals surface area contributed by atoms with Crippen LogP contribution in [0.25, 0.3) is 0 Å². The molecule has 0 spiro atoms. The minimum Gasteiger partial charge on any atom is -0.344 e. The number of alkyl halides is 2. The van der Waals surface area contributed by atoms with Crippen LogP contribution in [0.2, 0.25) is 0 Å². The van der Waals surface area contributed by atoms with Gasteiger partial charge in [-0.1, -0.05) is 6.07 Å². The predicted molar refractivity (Wildman–Crippen MR) is 92.8 cm³/mol. The predicted octanol–water partition coefficient (Wildman–Crippen LogP) is 2.78. The molecule has 1 aromatic heterocycles. The van der Waals surface area contributed by atoms with E-state index in [0.29, 0.717) is 25.9 Å². The molecule has 1 aliphatic rings. The molecule has 2 rings (SSSR count). The molecule has 0 aliphatic heterocycles. The molecule has 23 heavy (non-hydrogen) atoms. The molecule has 1 fully saturated rings. The van der Waals surface area contributed by atoms with Gasteiger partial charge in [-0.2, -0.15) is 5.26 Å². The van der Waals surface area contributed by atoms with Crippen molar-refractivity contribution < 1.29 is 4.79 Å². The third-order valence-corrected chi connectivity index (χ3v) is 5.32. The molecule has 1 N–H and O–H groups in total. The summed E-state index contributed by atoms with van der Waals surface area (Å²) in [7, 11) is 0. The summed E-state index contributed by atoms with van der Waals surface area (Å²) in [6, 6.07) is 5.80. The van der Waals surface area contributed by atoms with Gasteiger partial charge in [0.25, 0.3) is 0 Å². The van der Waals surface area contributed by atoms with Crippen molar-refractivity contribution in [2.75, 3.05) is 6.54 Å². The molecule has 5 nitrogen and oxygen atoms in total. The topological polar surface area (TPSA) is 69.0 Å². The summed E-state index contributed by atoms with van der Waals surface area (Å²) >= 11 is 17.3. The summed E-state index contributed by atoms with van der Waals surface area (Å²) in [5.74, 6) is -0.305. The first-order valence-electron chi connectivity index (χ1n) is 7.04. The number of amides is 1. The zero-order valence-electron chi connectivity index (χ0n) is 12.6. The maximum Gasteiger partial charge on any atom is 0.235 e. The molecular weight excluding hydrogens is 355 g/mol. The van der Waals surface area contributed by atoms with Crippen LogP contribution in [0.4, 0.5) is 0 Å². The number of carbonyl (C=O) groups excluding carboxylic acids is 1. The molecule has 0 radical (unpaired) electrons. The Kier molecular flexibility index (Phi) is 5.45. The van der Waals surface area contributed by atoms with Crippen LogP contribution in [-0.4, -0.2) is 31.8 Å². The quantitative estimate of drug-likeness (QED) is 0.637. The Hall–Kier alpha value is -1.42. The molecule has 1 aliphatic carbocycles. The van der Waals surface area contributed by atoms with Gasteiger partial charge in [0.1, 0.15) is 4.33 Å². The molecule has 0 bridgehead atoms. The van der Waals surface area contributed by atoms with Crippen molar-refractivity contribution in [1.29, 1.82) is 5.26 Å². The van der Waals surface area contributed by atoms with Gasteiger partial charge in [0.2, 0.25) is 5.91 Å². The van der Waals surface area contributed by atoms with E-state index in [1.54, 1.807) is 24.2 Å². The molecule has 1 saturated carbocycles. The lowest BCUT2D eigenvalue weighted by atomic mass is 10.1. The van der Waals surface area contributed by atoms with E-state index in [-0.39, 0.29) is 11.0 Å². The number of nitrogens with one attached hydrogen (secondary N) is 1. The van der Waals surface area contributed by atoms with E-state index in [1.807, 2.05) is 12.1 Å². The number of thiocarbonyl (C=S) groups is 1. The zero-order valence-corrected chi connectivity index (χ0v) is 14.9. The van der Waals surface area contributed by atoms with Gasteiger partial charge in [0.15, 0.2) is 5.11 Å². The number of hydrogen-bond donors (Lipinski definition) is 1. The maximum absolute atomic E-state index is 12.3. The molecule has 1 heterocycles. The van der Waals surface area contributed by atoms with Crippen molar-refractivity contribution in [1.82, 2.24) is 15.2 Å². The van der Waals surface area contributed by atoms with Crippen molar-refractivity contribution in [3.8, 4) is 6.07 Å². The molecule has 1 atom stereocenters. The van der Waals surface area contributed by atoms with E-state index in [2.05, 4.69) is 16.4 Å². The molecule has 8 heteroatoms. The molecule has 1 aromatic rings. The summed E-state index contributed by atoms with van der Waals surface area (Å²) in [5, 5.41) is 11.7. The smallest absolute Gasteiger partial charge is 0.235 e. The summed E-state index contributed by atoms with van der Waals surface area (Å²) < 4.78 is -1.05. The third-order valence-electron chi connectivity index (χ3n) is 3.86. The molecular formula is C15H16Cl2N4OS. The van der Waals surface area contributed by atoms with Crippen molar-refractivity contribution in [3.63, 3.8) is 0 Å².